The highest BCUT2D eigenvalue weighted by Crippen LogP contribution is 2.37. The number of thiophene rings is 1. The van der Waals surface area contributed by atoms with Gasteiger partial charge in [0.1, 0.15) is 0 Å². The van der Waals surface area contributed by atoms with Crippen LogP contribution in [0.2, 0.25) is 0 Å². The highest BCUT2D eigenvalue weighted by atomic mass is 32.1. The Hall–Kier alpha value is -2.26. The molecule has 0 fully saturated rings. The Morgan fingerprint density at radius 1 is 0.750 bits per heavy atom. The fraction of sp³-hybridized carbons (Fsp3) is 0.0588. The van der Waals surface area contributed by atoms with Crippen molar-refractivity contribution in [2.75, 3.05) is 6.79 Å². The zero-order valence-corrected chi connectivity index (χ0v) is 11.5. The first kappa shape index (κ1) is 11.6. The van der Waals surface area contributed by atoms with E-state index >= 15 is 0 Å². The standard InChI is InChI=1S/C17H12O2S/c1-3-12(9-14(4-1)17-5-2-8-20-17)13-6-7-15-16(10-13)19-11-18-15/h1-10H,11H2. The molecule has 1 aliphatic rings. The lowest BCUT2D eigenvalue weighted by molar-refractivity contribution is 0.174. The number of hydrogen-bond donors (Lipinski definition) is 0. The molecule has 3 heteroatoms. The summed E-state index contributed by atoms with van der Waals surface area (Å²) in [4.78, 5) is 1.28. The first-order chi connectivity index (χ1) is 9.90. The van der Waals surface area contributed by atoms with Crippen molar-refractivity contribution >= 4 is 11.3 Å². The van der Waals surface area contributed by atoms with Crippen LogP contribution in [0.15, 0.2) is 60.0 Å². The molecule has 3 aromatic rings. The monoisotopic (exact) mass is 280 g/mol. The van der Waals surface area contributed by atoms with Crippen molar-refractivity contribution in [1.82, 2.24) is 0 Å². The summed E-state index contributed by atoms with van der Waals surface area (Å²) in [6.45, 7) is 0.314. The van der Waals surface area contributed by atoms with Crippen LogP contribution in [-0.4, -0.2) is 6.79 Å². The van der Waals surface area contributed by atoms with Crippen LogP contribution in [0.25, 0.3) is 21.6 Å². The SMILES string of the molecule is c1cc(-c2ccc3c(c2)OCO3)cc(-c2cccs2)c1. The number of hydrogen-bond acceptors (Lipinski definition) is 3. The van der Waals surface area contributed by atoms with Crippen LogP contribution in [0, 0.1) is 0 Å². The molecule has 4 rings (SSSR count). The molecule has 1 aromatic heterocycles. The van der Waals surface area contributed by atoms with Gasteiger partial charge < -0.3 is 9.47 Å². The smallest absolute Gasteiger partial charge is 0.231 e. The lowest BCUT2D eigenvalue weighted by Gasteiger charge is -2.05. The predicted octanol–water partition coefficient (Wildman–Crippen LogP) is 4.81. The van der Waals surface area contributed by atoms with E-state index in [0.717, 1.165) is 17.1 Å². The average molecular weight is 280 g/mol. The van der Waals surface area contributed by atoms with Gasteiger partial charge >= 0.3 is 0 Å². The molecule has 2 aromatic carbocycles. The van der Waals surface area contributed by atoms with Gasteiger partial charge in [0.25, 0.3) is 0 Å². The van der Waals surface area contributed by atoms with E-state index in [4.69, 9.17) is 9.47 Å². The lowest BCUT2D eigenvalue weighted by Crippen LogP contribution is -1.92. The third-order valence-corrected chi connectivity index (χ3v) is 4.29. The van der Waals surface area contributed by atoms with Gasteiger partial charge in [-0.3, -0.25) is 0 Å². The van der Waals surface area contributed by atoms with Crippen LogP contribution in [0.3, 0.4) is 0 Å². The van der Waals surface area contributed by atoms with Gasteiger partial charge in [0.15, 0.2) is 11.5 Å². The number of benzene rings is 2. The molecule has 2 nitrogen and oxygen atoms in total. The molecule has 0 unspecified atom stereocenters. The van der Waals surface area contributed by atoms with E-state index in [1.807, 2.05) is 12.1 Å². The van der Waals surface area contributed by atoms with E-state index in [1.54, 1.807) is 11.3 Å². The summed E-state index contributed by atoms with van der Waals surface area (Å²) < 4.78 is 10.8. The summed E-state index contributed by atoms with van der Waals surface area (Å²) in [6, 6.07) is 18.9. The topological polar surface area (TPSA) is 18.5 Å². The Bertz CT molecular complexity index is 747. The fourth-order valence-corrected chi connectivity index (χ4v) is 3.09. The van der Waals surface area contributed by atoms with Gasteiger partial charge in [-0.05, 0) is 46.3 Å². The van der Waals surface area contributed by atoms with Crippen LogP contribution in [0.1, 0.15) is 0 Å². The first-order valence-corrected chi connectivity index (χ1v) is 7.32. The molecule has 1 aliphatic heterocycles. The second-order valence-electron chi connectivity index (χ2n) is 4.63. The highest BCUT2D eigenvalue weighted by Gasteiger charge is 2.14. The Morgan fingerprint density at radius 2 is 1.60 bits per heavy atom. The summed E-state index contributed by atoms with van der Waals surface area (Å²) in [5, 5.41) is 2.10. The van der Waals surface area contributed by atoms with E-state index in [1.165, 1.54) is 16.0 Å². The number of rotatable bonds is 2. The predicted molar refractivity (Wildman–Crippen MR) is 81.3 cm³/mol. The molecule has 0 saturated carbocycles. The maximum absolute atomic E-state index is 5.44. The van der Waals surface area contributed by atoms with Gasteiger partial charge in [0.05, 0.1) is 0 Å². The highest BCUT2D eigenvalue weighted by molar-refractivity contribution is 7.13. The third kappa shape index (κ3) is 1.96. The maximum atomic E-state index is 5.44. The molecule has 0 atom stereocenters. The zero-order valence-electron chi connectivity index (χ0n) is 10.7. The molecule has 2 heterocycles. The minimum atomic E-state index is 0.314. The van der Waals surface area contributed by atoms with Crippen molar-refractivity contribution in [1.29, 1.82) is 0 Å². The second-order valence-corrected chi connectivity index (χ2v) is 5.57. The zero-order chi connectivity index (χ0) is 13.4. The van der Waals surface area contributed by atoms with E-state index in [9.17, 15) is 0 Å². The van der Waals surface area contributed by atoms with E-state index in [0.29, 0.717) is 6.79 Å². The average Bonchev–Trinajstić information content (AvgIpc) is 3.18. The van der Waals surface area contributed by atoms with Crippen molar-refractivity contribution in [2.24, 2.45) is 0 Å². The Morgan fingerprint density at radius 3 is 2.50 bits per heavy atom. The summed E-state index contributed by atoms with van der Waals surface area (Å²) >= 11 is 1.76. The van der Waals surface area contributed by atoms with E-state index < -0.39 is 0 Å². The molecule has 20 heavy (non-hydrogen) atoms. The molecule has 0 amide bonds. The lowest BCUT2D eigenvalue weighted by atomic mass is 10.0. The van der Waals surface area contributed by atoms with Crippen molar-refractivity contribution in [3.05, 3.63) is 60.0 Å². The Kier molecular flexibility index (Phi) is 2.71. The van der Waals surface area contributed by atoms with E-state index in [2.05, 4.69) is 47.8 Å². The minimum absolute atomic E-state index is 0.314. The second kappa shape index (κ2) is 4.69. The van der Waals surface area contributed by atoms with Crippen molar-refractivity contribution in [2.45, 2.75) is 0 Å². The Labute approximate surface area is 121 Å². The van der Waals surface area contributed by atoms with Gasteiger partial charge in [-0.2, -0.15) is 0 Å². The van der Waals surface area contributed by atoms with Crippen LogP contribution in [-0.2, 0) is 0 Å². The molecular weight excluding hydrogens is 268 g/mol. The van der Waals surface area contributed by atoms with Crippen LogP contribution in [0.4, 0.5) is 0 Å². The van der Waals surface area contributed by atoms with Gasteiger partial charge in [0.2, 0.25) is 6.79 Å². The summed E-state index contributed by atoms with van der Waals surface area (Å²) in [7, 11) is 0. The van der Waals surface area contributed by atoms with Gasteiger partial charge in [-0.25, -0.2) is 0 Å². The molecule has 98 valence electrons. The van der Waals surface area contributed by atoms with Crippen molar-refractivity contribution < 1.29 is 9.47 Å². The maximum Gasteiger partial charge on any atom is 0.231 e. The minimum Gasteiger partial charge on any atom is -0.454 e. The molecule has 0 radical (unpaired) electrons. The van der Waals surface area contributed by atoms with Crippen molar-refractivity contribution in [3.8, 4) is 33.1 Å². The molecule has 0 spiro atoms. The van der Waals surface area contributed by atoms with Crippen molar-refractivity contribution in [3.63, 3.8) is 0 Å². The van der Waals surface area contributed by atoms with Gasteiger partial charge in [-0.1, -0.05) is 30.3 Å². The summed E-state index contributed by atoms with van der Waals surface area (Å²) in [6.07, 6.45) is 0. The number of fused-ring (bicyclic) bond motifs is 1. The largest absolute Gasteiger partial charge is 0.454 e. The molecule has 0 N–H and O–H groups in total. The van der Waals surface area contributed by atoms with Gasteiger partial charge in [-0.15, -0.1) is 11.3 Å². The third-order valence-electron chi connectivity index (χ3n) is 3.37. The van der Waals surface area contributed by atoms with E-state index in [-0.39, 0.29) is 0 Å². The normalized spacial score (nSPS) is 12.6. The fourth-order valence-electron chi connectivity index (χ4n) is 2.37. The first-order valence-electron chi connectivity index (χ1n) is 6.44. The quantitative estimate of drug-likeness (QED) is 0.670. The van der Waals surface area contributed by atoms with Crippen LogP contribution in [0.5, 0.6) is 11.5 Å². The summed E-state index contributed by atoms with van der Waals surface area (Å²) in [5.41, 5.74) is 3.58. The number of ether oxygens (including phenoxy) is 2. The van der Waals surface area contributed by atoms with Crippen LogP contribution >= 0.6 is 11.3 Å². The Balaban J connectivity index is 1.77. The molecular formula is C17H12O2S. The summed E-state index contributed by atoms with van der Waals surface area (Å²) in [5.74, 6) is 1.65. The van der Waals surface area contributed by atoms with Crippen LogP contribution < -0.4 is 9.47 Å². The molecule has 0 aliphatic carbocycles. The van der Waals surface area contributed by atoms with Gasteiger partial charge in [0, 0.05) is 4.88 Å². The molecule has 0 bridgehead atoms. The molecule has 0 saturated heterocycles.